The van der Waals surface area contributed by atoms with Crippen LogP contribution in [0.4, 0.5) is 28.9 Å². The summed E-state index contributed by atoms with van der Waals surface area (Å²) in [7, 11) is -3.11. The SMILES string of the molecule is CCOC(=O)c1ccc(NC(=O)c2cc(OC)c3c(c2)N(S(=O)(=O)c2cccc(C(F)(F)F)c2)CC3)cc1F. The molecule has 0 saturated carbocycles. The summed E-state index contributed by atoms with van der Waals surface area (Å²) in [6.45, 7) is 1.54. The fourth-order valence-corrected chi connectivity index (χ4v) is 5.67. The maximum absolute atomic E-state index is 14.4. The van der Waals surface area contributed by atoms with Crippen LogP contribution in [0.5, 0.6) is 5.75 Å². The number of nitrogens with zero attached hydrogens (tertiary/aromatic N) is 1. The molecule has 0 fully saturated rings. The van der Waals surface area contributed by atoms with E-state index in [9.17, 15) is 35.6 Å². The first-order chi connectivity index (χ1) is 18.4. The summed E-state index contributed by atoms with van der Waals surface area (Å²) in [5, 5.41) is 2.47. The highest BCUT2D eigenvalue weighted by Crippen LogP contribution is 2.40. The second-order valence-corrected chi connectivity index (χ2v) is 10.3. The van der Waals surface area contributed by atoms with Crippen molar-refractivity contribution in [2.45, 2.75) is 24.4 Å². The number of ether oxygens (including phenoxy) is 2. The van der Waals surface area contributed by atoms with Crippen molar-refractivity contribution in [3.63, 3.8) is 0 Å². The molecule has 13 heteroatoms. The second kappa shape index (κ2) is 10.6. The summed E-state index contributed by atoms with van der Waals surface area (Å²) in [5.74, 6) is -2.33. The Morgan fingerprint density at radius 1 is 1.08 bits per heavy atom. The molecule has 4 rings (SSSR count). The van der Waals surface area contributed by atoms with Gasteiger partial charge < -0.3 is 14.8 Å². The number of methoxy groups -OCH3 is 1. The molecule has 3 aromatic rings. The van der Waals surface area contributed by atoms with Crippen molar-refractivity contribution >= 4 is 33.3 Å². The maximum Gasteiger partial charge on any atom is 0.416 e. The Hall–Kier alpha value is -4.13. The van der Waals surface area contributed by atoms with Gasteiger partial charge in [0.2, 0.25) is 0 Å². The lowest BCUT2D eigenvalue weighted by atomic mass is 10.1. The van der Waals surface area contributed by atoms with Crippen LogP contribution in [0.25, 0.3) is 0 Å². The third-order valence-corrected chi connectivity index (χ3v) is 7.78. The molecule has 0 radical (unpaired) electrons. The van der Waals surface area contributed by atoms with E-state index in [0.717, 1.165) is 34.6 Å². The average molecular weight is 567 g/mol. The fourth-order valence-electron chi connectivity index (χ4n) is 4.13. The van der Waals surface area contributed by atoms with Crippen molar-refractivity contribution < 1.29 is 45.0 Å². The van der Waals surface area contributed by atoms with Crippen LogP contribution in [-0.4, -0.2) is 40.6 Å². The molecule has 0 spiro atoms. The molecule has 0 saturated heterocycles. The first-order valence-electron chi connectivity index (χ1n) is 11.6. The Bertz CT molecular complexity index is 1560. The summed E-state index contributed by atoms with van der Waals surface area (Å²) in [4.78, 5) is 24.3. The zero-order chi connectivity index (χ0) is 28.5. The lowest BCUT2D eigenvalue weighted by Gasteiger charge is -2.21. The molecular weight excluding hydrogens is 544 g/mol. The van der Waals surface area contributed by atoms with E-state index in [1.54, 1.807) is 6.92 Å². The molecule has 1 amide bonds. The number of halogens is 4. The molecule has 0 atom stereocenters. The minimum absolute atomic E-state index is 0.0125. The van der Waals surface area contributed by atoms with Crippen LogP contribution < -0.4 is 14.4 Å². The number of amides is 1. The average Bonchev–Trinajstić information content (AvgIpc) is 3.33. The molecule has 0 unspecified atom stereocenters. The number of esters is 1. The molecule has 1 aliphatic heterocycles. The summed E-state index contributed by atoms with van der Waals surface area (Å²) in [6, 6.07) is 9.40. The molecule has 1 heterocycles. The van der Waals surface area contributed by atoms with Crippen LogP contribution in [0.1, 0.15) is 38.8 Å². The van der Waals surface area contributed by atoms with Crippen molar-refractivity contribution in [1.82, 2.24) is 0 Å². The number of sulfonamides is 1. The number of carbonyl (C=O) groups excluding carboxylic acids is 2. The molecule has 206 valence electrons. The van der Waals surface area contributed by atoms with E-state index in [-0.39, 0.29) is 47.8 Å². The number of rotatable bonds is 7. The molecule has 3 aromatic carbocycles. The lowest BCUT2D eigenvalue weighted by Crippen LogP contribution is -2.29. The number of nitrogens with one attached hydrogen (secondary N) is 1. The second-order valence-electron chi connectivity index (χ2n) is 8.40. The molecule has 1 N–H and O–H groups in total. The van der Waals surface area contributed by atoms with E-state index in [1.165, 1.54) is 25.3 Å². The Morgan fingerprint density at radius 3 is 2.46 bits per heavy atom. The van der Waals surface area contributed by atoms with Crippen LogP contribution in [0.2, 0.25) is 0 Å². The van der Waals surface area contributed by atoms with Crippen molar-refractivity contribution in [2.24, 2.45) is 0 Å². The highest BCUT2D eigenvalue weighted by Gasteiger charge is 2.36. The van der Waals surface area contributed by atoms with Gasteiger partial charge in [-0.15, -0.1) is 0 Å². The molecule has 0 bridgehead atoms. The maximum atomic E-state index is 14.4. The first kappa shape index (κ1) is 27.9. The van der Waals surface area contributed by atoms with Gasteiger partial charge in [-0.25, -0.2) is 17.6 Å². The van der Waals surface area contributed by atoms with Gasteiger partial charge in [0.05, 0.1) is 35.4 Å². The van der Waals surface area contributed by atoms with Crippen LogP contribution in [0.3, 0.4) is 0 Å². The van der Waals surface area contributed by atoms with Crippen molar-refractivity contribution in [2.75, 3.05) is 29.9 Å². The molecule has 39 heavy (non-hydrogen) atoms. The van der Waals surface area contributed by atoms with Gasteiger partial charge in [-0.05, 0) is 61.9 Å². The monoisotopic (exact) mass is 566 g/mol. The lowest BCUT2D eigenvalue weighted by molar-refractivity contribution is -0.137. The van der Waals surface area contributed by atoms with Crippen molar-refractivity contribution in [1.29, 1.82) is 0 Å². The number of anilines is 2. The van der Waals surface area contributed by atoms with E-state index in [1.807, 2.05) is 0 Å². The van der Waals surface area contributed by atoms with Gasteiger partial charge >= 0.3 is 12.1 Å². The third kappa shape index (κ3) is 5.53. The van der Waals surface area contributed by atoms with E-state index in [4.69, 9.17) is 9.47 Å². The quantitative estimate of drug-likeness (QED) is 0.318. The van der Waals surface area contributed by atoms with Crippen LogP contribution in [-0.2, 0) is 27.4 Å². The van der Waals surface area contributed by atoms with E-state index in [2.05, 4.69) is 5.32 Å². The van der Waals surface area contributed by atoms with Crippen LogP contribution in [0, 0.1) is 5.82 Å². The predicted molar refractivity (Wildman–Crippen MR) is 133 cm³/mol. The molecule has 8 nitrogen and oxygen atoms in total. The van der Waals surface area contributed by atoms with Gasteiger partial charge in [-0.1, -0.05) is 6.07 Å². The smallest absolute Gasteiger partial charge is 0.416 e. The Labute approximate surface area is 221 Å². The molecule has 0 aromatic heterocycles. The summed E-state index contributed by atoms with van der Waals surface area (Å²) >= 11 is 0. The predicted octanol–water partition coefficient (Wildman–Crippen LogP) is 5.03. The third-order valence-electron chi connectivity index (χ3n) is 5.97. The topological polar surface area (TPSA) is 102 Å². The zero-order valence-electron chi connectivity index (χ0n) is 20.6. The first-order valence-corrected chi connectivity index (χ1v) is 13.0. The summed E-state index contributed by atoms with van der Waals surface area (Å²) in [6.07, 6.45) is -4.55. The number of benzene rings is 3. The van der Waals surface area contributed by atoms with Crippen molar-refractivity contribution in [3.05, 3.63) is 82.7 Å². The Kier molecular flexibility index (Phi) is 7.55. The molecule has 0 aliphatic carbocycles. The minimum Gasteiger partial charge on any atom is -0.496 e. The Morgan fingerprint density at radius 2 is 1.82 bits per heavy atom. The van der Waals surface area contributed by atoms with Crippen LogP contribution >= 0.6 is 0 Å². The largest absolute Gasteiger partial charge is 0.496 e. The highest BCUT2D eigenvalue weighted by molar-refractivity contribution is 7.92. The summed E-state index contributed by atoms with van der Waals surface area (Å²) in [5.41, 5.74) is -0.945. The van der Waals surface area contributed by atoms with Gasteiger partial charge in [0, 0.05) is 23.4 Å². The zero-order valence-corrected chi connectivity index (χ0v) is 21.5. The number of carbonyl (C=O) groups is 2. The van der Waals surface area contributed by atoms with E-state index in [0.29, 0.717) is 11.6 Å². The Balaban J connectivity index is 1.67. The van der Waals surface area contributed by atoms with Gasteiger partial charge in [-0.3, -0.25) is 9.10 Å². The van der Waals surface area contributed by atoms with Gasteiger partial charge in [0.15, 0.2) is 0 Å². The standard InChI is InChI=1S/C26H22F4N2O6S/c1-3-38-25(34)19-8-7-17(14-21(19)27)31-24(33)15-11-22-20(23(12-15)37-2)9-10-32(22)39(35,36)18-6-4-5-16(13-18)26(28,29)30/h4-8,11-14H,3,9-10H2,1-2H3,(H,31,33). The highest BCUT2D eigenvalue weighted by atomic mass is 32.2. The van der Waals surface area contributed by atoms with Gasteiger partial charge in [-0.2, -0.15) is 13.2 Å². The number of hydrogen-bond donors (Lipinski definition) is 1. The molecular formula is C26H22F4N2O6S. The number of alkyl halides is 3. The van der Waals surface area contributed by atoms with E-state index < -0.39 is 44.4 Å². The van der Waals surface area contributed by atoms with Gasteiger partial charge in [0.25, 0.3) is 15.9 Å². The van der Waals surface area contributed by atoms with E-state index >= 15 is 0 Å². The summed E-state index contributed by atoms with van der Waals surface area (Å²) < 4.78 is 91.8. The molecule has 1 aliphatic rings. The van der Waals surface area contributed by atoms with Crippen molar-refractivity contribution in [3.8, 4) is 5.75 Å². The minimum atomic E-state index is -4.74. The number of hydrogen-bond acceptors (Lipinski definition) is 6. The fraction of sp³-hybridized carbons (Fsp3) is 0.231. The number of fused-ring (bicyclic) bond motifs is 1. The normalized spacial score (nSPS) is 13.1. The van der Waals surface area contributed by atoms with Crippen LogP contribution in [0.15, 0.2) is 59.5 Å². The van der Waals surface area contributed by atoms with Gasteiger partial charge in [0.1, 0.15) is 11.6 Å².